The molecule has 0 aromatic rings. The minimum atomic E-state index is -0.787. The SMILES string of the molecule is CC/C=C\C/C=C\C/C=C\CCCCCCCC(=O)OC[C@H](COC(=O)CCCCCCCCC/C=C\CCCCCC)OC(=O)CCCCCCCCCCC/C=C\C/C=C\CCCCC. The molecule has 67 heavy (non-hydrogen) atoms. The van der Waals surface area contributed by atoms with Crippen molar-refractivity contribution in [1.29, 1.82) is 0 Å². The lowest BCUT2D eigenvalue weighted by molar-refractivity contribution is -0.167. The van der Waals surface area contributed by atoms with Gasteiger partial charge in [0, 0.05) is 19.3 Å². The minimum Gasteiger partial charge on any atom is -0.462 e. The maximum Gasteiger partial charge on any atom is 0.306 e. The molecule has 0 spiro atoms. The number of carbonyl (C=O) groups is 3. The summed E-state index contributed by atoms with van der Waals surface area (Å²) in [4.78, 5) is 38.1. The fraction of sp³-hybridized carbons (Fsp3) is 0.754. The topological polar surface area (TPSA) is 78.9 Å². The maximum absolute atomic E-state index is 12.9. The van der Waals surface area contributed by atoms with E-state index in [-0.39, 0.29) is 31.1 Å². The molecular formula is C61H106O6. The Morgan fingerprint density at radius 2 is 0.582 bits per heavy atom. The zero-order chi connectivity index (χ0) is 48.6. The number of rotatable bonds is 51. The van der Waals surface area contributed by atoms with Gasteiger partial charge in [-0.05, 0) is 109 Å². The molecule has 0 aromatic heterocycles. The van der Waals surface area contributed by atoms with Crippen molar-refractivity contribution in [3.05, 3.63) is 72.9 Å². The summed E-state index contributed by atoms with van der Waals surface area (Å²) in [6.45, 7) is 6.49. The highest BCUT2D eigenvalue weighted by Crippen LogP contribution is 2.15. The Hall–Kier alpha value is -3.15. The van der Waals surface area contributed by atoms with Gasteiger partial charge >= 0.3 is 17.9 Å². The van der Waals surface area contributed by atoms with Gasteiger partial charge in [-0.1, -0.05) is 222 Å². The normalized spacial score (nSPS) is 12.6. The summed E-state index contributed by atoms with van der Waals surface area (Å²) in [6, 6.07) is 0. The first-order valence-electron chi connectivity index (χ1n) is 28.4. The first kappa shape index (κ1) is 63.8. The Labute approximate surface area is 414 Å². The Morgan fingerprint density at radius 1 is 0.313 bits per heavy atom. The fourth-order valence-corrected chi connectivity index (χ4v) is 7.89. The van der Waals surface area contributed by atoms with Crippen LogP contribution in [0, 0.1) is 0 Å². The highest BCUT2D eigenvalue weighted by Gasteiger charge is 2.19. The zero-order valence-corrected chi connectivity index (χ0v) is 44.2. The molecule has 0 rings (SSSR count). The zero-order valence-electron chi connectivity index (χ0n) is 44.2. The van der Waals surface area contributed by atoms with Gasteiger partial charge in [-0.15, -0.1) is 0 Å². The van der Waals surface area contributed by atoms with Crippen molar-refractivity contribution < 1.29 is 28.6 Å². The van der Waals surface area contributed by atoms with E-state index < -0.39 is 6.10 Å². The van der Waals surface area contributed by atoms with E-state index in [1.54, 1.807) is 0 Å². The van der Waals surface area contributed by atoms with E-state index in [0.29, 0.717) is 19.3 Å². The van der Waals surface area contributed by atoms with Gasteiger partial charge in [-0.25, -0.2) is 0 Å². The van der Waals surface area contributed by atoms with Gasteiger partial charge in [-0.3, -0.25) is 14.4 Å². The molecule has 0 saturated heterocycles. The van der Waals surface area contributed by atoms with E-state index in [4.69, 9.17) is 14.2 Å². The standard InChI is InChI=1S/C61H106O6/c1-4-7-10-13-16-19-22-25-28-29-30-31-34-37-40-43-46-49-52-55-61(64)67-58(56-65-59(62)53-50-47-44-41-38-35-32-26-23-20-17-14-11-8-5-2)57-66-60(63)54-51-48-45-42-39-36-33-27-24-21-18-15-12-9-6-3/h8,11,16-17,19-21,24-26,28,32,58H,4-7,9-10,12-15,18,22-23,27,29-31,33-57H2,1-3H3/b11-8-,19-16-,20-17-,24-21-,28-25-,32-26-/t58-/m1/s1. The Balaban J connectivity index is 4.40. The quantitative estimate of drug-likeness (QED) is 0.0262. The van der Waals surface area contributed by atoms with Gasteiger partial charge in [0.2, 0.25) is 0 Å². The summed E-state index contributed by atoms with van der Waals surface area (Å²) >= 11 is 0. The smallest absolute Gasteiger partial charge is 0.306 e. The van der Waals surface area contributed by atoms with Crippen LogP contribution in [0.3, 0.4) is 0 Å². The second-order valence-electron chi connectivity index (χ2n) is 18.8. The molecule has 0 unspecified atom stereocenters. The third-order valence-corrected chi connectivity index (χ3v) is 12.2. The van der Waals surface area contributed by atoms with Crippen LogP contribution in [0.4, 0.5) is 0 Å². The molecule has 0 N–H and O–H groups in total. The second kappa shape index (κ2) is 55.4. The largest absolute Gasteiger partial charge is 0.462 e. The van der Waals surface area contributed by atoms with Crippen LogP contribution in [-0.4, -0.2) is 37.2 Å². The Bertz CT molecular complexity index is 1260. The first-order valence-corrected chi connectivity index (χ1v) is 28.4. The number of allylic oxidation sites excluding steroid dienone is 12. The van der Waals surface area contributed by atoms with Crippen molar-refractivity contribution in [3.8, 4) is 0 Å². The lowest BCUT2D eigenvalue weighted by atomic mass is 10.1. The van der Waals surface area contributed by atoms with Crippen LogP contribution in [0.15, 0.2) is 72.9 Å². The molecular weight excluding hydrogens is 829 g/mol. The number of unbranched alkanes of at least 4 members (excludes halogenated alkanes) is 28. The molecule has 0 aliphatic rings. The summed E-state index contributed by atoms with van der Waals surface area (Å²) in [5.74, 6) is -0.903. The molecule has 0 fully saturated rings. The lowest BCUT2D eigenvalue weighted by Gasteiger charge is -2.18. The van der Waals surface area contributed by atoms with Crippen molar-refractivity contribution in [3.63, 3.8) is 0 Å². The Kier molecular flexibility index (Phi) is 52.8. The maximum atomic E-state index is 12.9. The van der Waals surface area contributed by atoms with Crippen molar-refractivity contribution in [1.82, 2.24) is 0 Å². The second-order valence-corrected chi connectivity index (χ2v) is 18.8. The molecule has 386 valence electrons. The van der Waals surface area contributed by atoms with Crippen molar-refractivity contribution >= 4 is 17.9 Å². The average Bonchev–Trinajstić information content (AvgIpc) is 3.33. The lowest BCUT2D eigenvalue weighted by Crippen LogP contribution is -2.30. The number of esters is 3. The third kappa shape index (κ3) is 53.7. The summed E-state index contributed by atoms with van der Waals surface area (Å²) in [6.07, 6.45) is 70.3. The predicted molar refractivity (Wildman–Crippen MR) is 288 cm³/mol. The fourth-order valence-electron chi connectivity index (χ4n) is 7.89. The third-order valence-electron chi connectivity index (χ3n) is 12.2. The molecule has 0 aliphatic carbocycles. The Morgan fingerprint density at radius 3 is 0.955 bits per heavy atom. The summed E-state index contributed by atoms with van der Waals surface area (Å²) in [5, 5.41) is 0. The van der Waals surface area contributed by atoms with E-state index in [2.05, 4.69) is 93.7 Å². The van der Waals surface area contributed by atoms with Crippen LogP contribution in [0.2, 0.25) is 0 Å². The molecule has 6 nitrogen and oxygen atoms in total. The van der Waals surface area contributed by atoms with Crippen LogP contribution < -0.4 is 0 Å². The number of ether oxygens (including phenoxy) is 3. The van der Waals surface area contributed by atoms with E-state index >= 15 is 0 Å². The predicted octanol–water partition coefficient (Wildman–Crippen LogP) is 19.0. The van der Waals surface area contributed by atoms with Crippen LogP contribution in [-0.2, 0) is 28.6 Å². The molecule has 1 atom stereocenters. The highest BCUT2D eigenvalue weighted by molar-refractivity contribution is 5.71. The highest BCUT2D eigenvalue weighted by atomic mass is 16.6. The van der Waals surface area contributed by atoms with Gasteiger partial charge in [-0.2, -0.15) is 0 Å². The van der Waals surface area contributed by atoms with E-state index in [0.717, 1.165) is 103 Å². The van der Waals surface area contributed by atoms with Crippen molar-refractivity contribution in [2.75, 3.05) is 13.2 Å². The van der Waals surface area contributed by atoms with Crippen LogP contribution in [0.25, 0.3) is 0 Å². The van der Waals surface area contributed by atoms with Gasteiger partial charge < -0.3 is 14.2 Å². The molecule has 0 radical (unpaired) electrons. The van der Waals surface area contributed by atoms with E-state index in [1.807, 2.05) is 0 Å². The van der Waals surface area contributed by atoms with E-state index in [1.165, 1.54) is 135 Å². The molecule has 0 heterocycles. The summed E-state index contributed by atoms with van der Waals surface area (Å²) < 4.78 is 16.9. The molecule has 0 aliphatic heterocycles. The van der Waals surface area contributed by atoms with Crippen LogP contribution in [0.1, 0.15) is 278 Å². The summed E-state index contributed by atoms with van der Waals surface area (Å²) in [5.41, 5.74) is 0. The molecule has 0 aromatic carbocycles. The average molecular weight is 936 g/mol. The van der Waals surface area contributed by atoms with Crippen LogP contribution >= 0.6 is 0 Å². The van der Waals surface area contributed by atoms with Crippen molar-refractivity contribution in [2.24, 2.45) is 0 Å². The molecule has 0 saturated carbocycles. The number of hydrogen-bond donors (Lipinski definition) is 0. The monoisotopic (exact) mass is 935 g/mol. The first-order chi connectivity index (χ1) is 33.0. The number of hydrogen-bond acceptors (Lipinski definition) is 6. The van der Waals surface area contributed by atoms with Gasteiger partial charge in [0.1, 0.15) is 13.2 Å². The minimum absolute atomic E-state index is 0.0844. The molecule has 0 bridgehead atoms. The van der Waals surface area contributed by atoms with Gasteiger partial charge in [0.25, 0.3) is 0 Å². The number of carbonyl (C=O) groups excluding carboxylic acids is 3. The van der Waals surface area contributed by atoms with E-state index in [9.17, 15) is 14.4 Å². The molecule has 6 heteroatoms. The van der Waals surface area contributed by atoms with Gasteiger partial charge in [0.15, 0.2) is 6.10 Å². The molecule has 0 amide bonds. The summed E-state index contributed by atoms with van der Waals surface area (Å²) in [7, 11) is 0. The van der Waals surface area contributed by atoms with Gasteiger partial charge in [0.05, 0.1) is 0 Å². The van der Waals surface area contributed by atoms with Crippen molar-refractivity contribution in [2.45, 2.75) is 284 Å². The van der Waals surface area contributed by atoms with Crippen LogP contribution in [0.5, 0.6) is 0 Å².